The Kier molecular flexibility index (Phi) is 8.47. The molecule has 1 saturated carbocycles. The molecular weight excluding hydrogens is 590 g/mol. The normalized spacial score (nSPS) is 21.1. The fraction of sp³-hybridized carbons (Fsp3) is 0.414. The van der Waals surface area contributed by atoms with Gasteiger partial charge in [0.2, 0.25) is 0 Å². The van der Waals surface area contributed by atoms with Crippen LogP contribution >= 0.6 is 22.9 Å². The average molecular weight is 619 g/mol. The van der Waals surface area contributed by atoms with E-state index in [9.17, 15) is 23.5 Å². The number of aliphatic imine (C=N–C) groups is 1. The molecule has 2 N–H and O–H groups in total. The van der Waals surface area contributed by atoms with Crippen LogP contribution in [0.3, 0.4) is 0 Å². The summed E-state index contributed by atoms with van der Waals surface area (Å²) in [6.45, 7) is 3.28. The first-order chi connectivity index (χ1) is 20.0. The topological polar surface area (TPSA) is 127 Å². The van der Waals surface area contributed by atoms with Gasteiger partial charge in [0.25, 0.3) is 0 Å². The number of carboxylic acids is 1. The van der Waals surface area contributed by atoms with E-state index in [1.807, 2.05) is 0 Å². The van der Waals surface area contributed by atoms with E-state index in [1.165, 1.54) is 30.8 Å². The van der Waals surface area contributed by atoms with Gasteiger partial charge in [0.15, 0.2) is 28.4 Å². The van der Waals surface area contributed by atoms with Crippen LogP contribution in [0.5, 0.6) is 0 Å². The van der Waals surface area contributed by atoms with Crippen molar-refractivity contribution in [1.82, 2.24) is 15.3 Å². The fourth-order valence-corrected chi connectivity index (χ4v) is 6.24. The lowest BCUT2D eigenvalue weighted by molar-refractivity contribution is -0.146. The number of nitrogens with one attached hydrogen (secondary N) is 1. The number of aromatic nitrogens is 2. The van der Waals surface area contributed by atoms with Gasteiger partial charge in [-0.3, -0.25) is 9.79 Å². The van der Waals surface area contributed by atoms with E-state index in [-0.39, 0.29) is 29.4 Å². The number of esters is 1. The van der Waals surface area contributed by atoms with Gasteiger partial charge in [-0.15, -0.1) is 11.3 Å². The molecule has 222 valence electrons. The maximum absolute atomic E-state index is 14.6. The lowest BCUT2D eigenvalue weighted by Crippen LogP contribution is -2.37. The Morgan fingerprint density at radius 3 is 2.57 bits per heavy atom. The number of methoxy groups -OCH3 is 1. The number of carboxylic acid groups (broad SMARTS) is 1. The molecule has 0 amide bonds. The third-order valence-electron chi connectivity index (χ3n) is 7.73. The van der Waals surface area contributed by atoms with E-state index >= 15 is 0 Å². The number of rotatable bonds is 8. The summed E-state index contributed by atoms with van der Waals surface area (Å²) in [5, 5.41) is 14.6. The number of benzene rings is 1. The summed E-state index contributed by atoms with van der Waals surface area (Å²) in [5.41, 5.74) is 0.485. The van der Waals surface area contributed by atoms with Gasteiger partial charge in [0, 0.05) is 35.2 Å². The van der Waals surface area contributed by atoms with Gasteiger partial charge in [0.05, 0.1) is 28.8 Å². The highest BCUT2D eigenvalue weighted by Crippen LogP contribution is 2.44. The van der Waals surface area contributed by atoms with Crippen LogP contribution in [0.1, 0.15) is 73.6 Å². The number of thiazole rings is 1. The Bertz CT molecular complexity index is 1560. The van der Waals surface area contributed by atoms with Gasteiger partial charge in [-0.25, -0.2) is 23.5 Å². The molecular formula is C29H29ClF2N4O5S. The SMILES string of the molecule is COC(=O)C1=C([C@H]2CC[C@H](c3nc(CC(C)(C)C(=O)O)co3)CC2)NC(c2nccs2)=NC1c1ccc(F)c(F)c1Cl. The zero-order valence-electron chi connectivity index (χ0n) is 23.1. The number of ether oxygens (including phenoxy) is 1. The van der Waals surface area contributed by atoms with Gasteiger partial charge < -0.3 is 19.6 Å². The van der Waals surface area contributed by atoms with Crippen molar-refractivity contribution in [2.24, 2.45) is 16.3 Å². The number of hydrogen-bond acceptors (Lipinski definition) is 9. The molecule has 9 nitrogen and oxygen atoms in total. The largest absolute Gasteiger partial charge is 0.481 e. The molecule has 3 aromatic rings. The molecule has 1 aliphatic carbocycles. The number of hydrogen-bond donors (Lipinski definition) is 2. The van der Waals surface area contributed by atoms with Crippen LogP contribution in [-0.4, -0.2) is 40.0 Å². The zero-order chi connectivity index (χ0) is 30.2. The highest BCUT2D eigenvalue weighted by molar-refractivity contribution is 7.11. The summed E-state index contributed by atoms with van der Waals surface area (Å²) in [7, 11) is 1.25. The summed E-state index contributed by atoms with van der Waals surface area (Å²) in [5.74, 6) is -3.08. The smallest absolute Gasteiger partial charge is 0.338 e. The Morgan fingerprint density at radius 1 is 1.21 bits per heavy atom. The van der Waals surface area contributed by atoms with Gasteiger partial charge in [-0.1, -0.05) is 17.7 Å². The lowest BCUT2D eigenvalue weighted by Gasteiger charge is -2.34. The van der Waals surface area contributed by atoms with Gasteiger partial charge in [-0.05, 0) is 51.5 Å². The van der Waals surface area contributed by atoms with Crippen LogP contribution in [0.15, 0.2) is 50.7 Å². The van der Waals surface area contributed by atoms with E-state index < -0.39 is 40.1 Å². The second kappa shape index (κ2) is 11.9. The van der Waals surface area contributed by atoms with Crippen molar-refractivity contribution in [2.45, 2.75) is 57.9 Å². The number of halogens is 3. The molecule has 1 aromatic carbocycles. The fourth-order valence-electron chi connectivity index (χ4n) is 5.40. The highest BCUT2D eigenvalue weighted by atomic mass is 35.5. The van der Waals surface area contributed by atoms with Crippen molar-refractivity contribution < 1.29 is 32.6 Å². The summed E-state index contributed by atoms with van der Waals surface area (Å²) in [4.78, 5) is 38.4. The molecule has 0 bridgehead atoms. The molecule has 1 unspecified atom stereocenters. The number of allylic oxidation sites excluding steroid dienone is 1. The molecule has 1 fully saturated rings. The Labute approximate surface area is 249 Å². The Hall–Kier alpha value is -3.64. The van der Waals surface area contributed by atoms with Crippen LogP contribution in [-0.2, 0) is 20.7 Å². The highest BCUT2D eigenvalue weighted by Gasteiger charge is 2.39. The number of carbonyl (C=O) groups excluding carboxylic acids is 1. The molecule has 2 aromatic heterocycles. The molecule has 1 atom stereocenters. The summed E-state index contributed by atoms with van der Waals surface area (Å²) in [6, 6.07) is 1.22. The molecule has 1 aliphatic heterocycles. The molecule has 5 rings (SSSR count). The molecule has 0 saturated heterocycles. The predicted molar refractivity (Wildman–Crippen MR) is 151 cm³/mol. The van der Waals surface area contributed by atoms with E-state index in [1.54, 1.807) is 25.4 Å². The van der Waals surface area contributed by atoms with Crippen molar-refractivity contribution in [2.75, 3.05) is 7.11 Å². The van der Waals surface area contributed by atoms with E-state index in [0.29, 0.717) is 53.8 Å². The third-order valence-corrected chi connectivity index (χ3v) is 8.89. The van der Waals surface area contributed by atoms with Crippen molar-refractivity contribution in [3.05, 3.63) is 80.1 Å². The van der Waals surface area contributed by atoms with Crippen LogP contribution in [0.4, 0.5) is 8.78 Å². The average Bonchev–Trinajstić information content (AvgIpc) is 3.68. The van der Waals surface area contributed by atoms with Crippen molar-refractivity contribution >= 4 is 40.7 Å². The lowest BCUT2D eigenvalue weighted by atomic mass is 9.78. The van der Waals surface area contributed by atoms with Crippen molar-refractivity contribution in [3.8, 4) is 0 Å². The standard InChI is InChI=1S/C29H29ClF2N4O5S/c1-29(2,28(38)39)12-16-13-41-25(34-16)15-6-4-14(5-7-15)22-19(27(37)40-3)23(17-8-9-18(31)21(32)20(17)30)36-24(35-22)26-33-10-11-42-26/h8-11,13-15,23H,4-7,12H2,1-3H3,(H,35,36)(H,38,39)/t14-,15-,23?. The predicted octanol–water partition coefficient (Wildman–Crippen LogP) is 6.21. The van der Waals surface area contributed by atoms with E-state index in [4.69, 9.17) is 20.8 Å². The monoisotopic (exact) mass is 618 g/mol. The van der Waals surface area contributed by atoms with Gasteiger partial charge in [0.1, 0.15) is 12.3 Å². The molecule has 42 heavy (non-hydrogen) atoms. The number of carbonyl (C=O) groups is 2. The number of nitrogens with zero attached hydrogens (tertiary/aromatic N) is 3. The summed E-state index contributed by atoms with van der Waals surface area (Å²) < 4.78 is 39.4. The van der Waals surface area contributed by atoms with Crippen LogP contribution < -0.4 is 5.32 Å². The van der Waals surface area contributed by atoms with Crippen molar-refractivity contribution in [1.29, 1.82) is 0 Å². The van der Waals surface area contributed by atoms with E-state index in [0.717, 1.165) is 6.07 Å². The van der Waals surface area contributed by atoms with Crippen LogP contribution in [0.25, 0.3) is 0 Å². The minimum atomic E-state index is -1.22. The summed E-state index contributed by atoms with van der Waals surface area (Å²) in [6.07, 6.45) is 6.05. The van der Waals surface area contributed by atoms with Crippen LogP contribution in [0, 0.1) is 23.0 Å². The number of amidine groups is 1. The Morgan fingerprint density at radius 2 is 1.93 bits per heavy atom. The molecule has 0 radical (unpaired) electrons. The third kappa shape index (κ3) is 5.82. The minimum absolute atomic E-state index is 0.0113. The maximum atomic E-state index is 14.6. The second-order valence-corrected chi connectivity index (χ2v) is 12.3. The van der Waals surface area contributed by atoms with Crippen molar-refractivity contribution in [3.63, 3.8) is 0 Å². The van der Waals surface area contributed by atoms with E-state index in [2.05, 4.69) is 20.3 Å². The van der Waals surface area contributed by atoms with Gasteiger partial charge in [-0.2, -0.15) is 0 Å². The number of aliphatic carboxylic acids is 1. The first kappa shape index (κ1) is 29.8. The maximum Gasteiger partial charge on any atom is 0.338 e. The van der Waals surface area contributed by atoms with Crippen LogP contribution in [0.2, 0.25) is 5.02 Å². The molecule has 0 spiro atoms. The summed E-state index contributed by atoms with van der Waals surface area (Å²) >= 11 is 7.59. The first-order valence-corrected chi connectivity index (χ1v) is 14.6. The Balaban J connectivity index is 1.45. The first-order valence-electron chi connectivity index (χ1n) is 13.4. The molecule has 13 heteroatoms. The minimum Gasteiger partial charge on any atom is -0.481 e. The molecule has 2 aliphatic rings. The van der Waals surface area contributed by atoms with Gasteiger partial charge >= 0.3 is 11.9 Å². The molecule has 3 heterocycles. The zero-order valence-corrected chi connectivity index (χ0v) is 24.7. The second-order valence-electron chi connectivity index (χ2n) is 11.0. The quantitative estimate of drug-likeness (QED) is 0.225. The number of oxazole rings is 1.